The number of fused-ring (bicyclic) bond motifs is 1. The highest BCUT2D eigenvalue weighted by atomic mass is 35.5. The summed E-state index contributed by atoms with van der Waals surface area (Å²) in [5, 5.41) is 13.7. The van der Waals surface area contributed by atoms with E-state index in [1.165, 1.54) is 17.3 Å². The quantitative estimate of drug-likeness (QED) is 0.381. The first-order valence-electron chi connectivity index (χ1n) is 13.9. The van der Waals surface area contributed by atoms with Crippen LogP contribution >= 0.6 is 11.6 Å². The van der Waals surface area contributed by atoms with E-state index in [1.54, 1.807) is 13.8 Å². The Morgan fingerprint density at radius 3 is 2.24 bits per heavy atom. The van der Waals surface area contributed by atoms with Gasteiger partial charge in [-0.3, -0.25) is 24.0 Å². The Morgan fingerprint density at radius 2 is 1.71 bits per heavy atom. The topological polar surface area (TPSA) is 105 Å². The van der Waals surface area contributed by atoms with Crippen molar-refractivity contribution in [2.75, 3.05) is 6.54 Å². The lowest BCUT2D eigenvalue weighted by atomic mass is 9.74. The Balaban J connectivity index is 1.48. The second-order valence-electron chi connectivity index (χ2n) is 12.8. The minimum absolute atomic E-state index is 0.105. The van der Waals surface area contributed by atoms with Crippen molar-refractivity contribution < 1.29 is 32.7 Å². The van der Waals surface area contributed by atoms with Gasteiger partial charge in [-0.05, 0) is 75.2 Å². The van der Waals surface area contributed by atoms with Crippen LogP contribution in [0.2, 0.25) is 5.02 Å². The third-order valence-electron chi connectivity index (χ3n) is 9.94. The molecule has 2 aromatic rings. The highest BCUT2D eigenvalue weighted by Crippen LogP contribution is 2.67. The maximum Gasteiger partial charge on any atom is 0.433 e. The number of rotatable bonds is 7. The number of alkyl halides is 3. The van der Waals surface area contributed by atoms with Gasteiger partial charge in [0.1, 0.15) is 0 Å². The summed E-state index contributed by atoms with van der Waals surface area (Å²) < 4.78 is 44.5. The van der Waals surface area contributed by atoms with Crippen molar-refractivity contribution in [3.05, 3.63) is 46.0 Å². The minimum Gasteiger partial charge on any atom is -0.481 e. The molecule has 3 aliphatic carbocycles. The Bertz CT molecular complexity index is 1360. The van der Waals surface area contributed by atoms with Crippen LogP contribution in [0, 0.1) is 29.6 Å². The number of carbonyl (C=O) groups excluding carboxylic acids is 2. The van der Waals surface area contributed by atoms with Gasteiger partial charge in [-0.15, -0.1) is 0 Å². The first-order valence-corrected chi connectivity index (χ1v) is 14.3. The number of hydrogen-bond acceptors (Lipinski definition) is 5. The summed E-state index contributed by atoms with van der Waals surface area (Å²) in [7, 11) is 0. The van der Waals surface area contributed by atoms with Gasteiger partial charge in [0.2, 0.25) is 0 Å². The second-order valence-corrected chi connectivity index (χ2v) is 13.2. The molecule has 0 unspecified atom stereocenters. The zero-order valence-electron chi connectivity index (χ0n) is 23.5. The molecule has 2 heterocycles. The number of carboxylic acids is 1. The van der Waals surface area contributed by atoms with E-state index in [9.17, 15) is 32.7 Å². The summed E-state index contributed by atoms with van der Waals surface area (Å²) in [6.45, 7) is 7.11. The number of aryl methyl sites for hydroxylation is 1. The number of hydrogen-bond donors (Lipinski definition) is 1. The minimum atomic E-state index is -4.89. The molecule has 0 aliphatic heterocycles. The van der Waals surface area contributed by atoms with Crippen molar-refractivity contribution in [1.82, 2.24) is 19.7 Å². The van der Waals surface area contributed by atoms with E-state index in [-0.39, 0.29) is 41.7 Å². The summed E-state index contributed by atoms with van der Waals surface area (Å²) in [6.07, 6.45) is 0.817. The largest absolute Gasteiger partial charge is 0.481 e. The molecule has 3 aliphatic rings. The molecule has 3 fully saturated rings. The molecule has 0 bridgehead atoms. The summed E-state index contributed by atoms with van der Waals surface area (Å²) >= 11 is 6.26. The maximum absolute atomic E-state index is 14.6. The molecular weight excluding hydrogens is 561 g/mol. The Hall–Kier alpha value is -2.95. The number of aliphatic carboxylic acids is 1. The summed E-state index contributed by atoms with van der Waals surface area (Å²) in [6, 6.07) is -1.10. The van der Waals surface area contributed by atoms with Gasteiger partial charge in [0.15, 0.2) is 11.5 Å². The Labute approximate surface area is 241 Å². The molecule has 2 aromatic heterocycles. The van der Waals surface area contributed by atoms with Gasteiger partial charge in [-0.2, -0.15) is 18.3 Å². The number of pyridine rings is 1. The molecule has 1 N–H and O–H groups in total. The number of carbonyl (C=O) groups is 3. The third-order valence-corrected chi connectivity index (χ3v) is 10.2. The van der Waals surface area contributed by atoms with Crippen LogP contribution in [0.5, 0.6) is 0 Å². The lowest BCUT2D eigenvalue weighted by Crippen LogP contribution is -2.44. The molecule has 0 saturated heterocycles. The van der Waals surface area contributed by atoms with Gasteiger partial charge in [-0.1, -0.05) is 25.4 Å². The summed E-state index contributed by atoms with van der Waals surface area (Å²) in [5.74, 6) is -1.68. The van der Waals surface area contributed by atoms with Crippen LogP contribution in [0.4, 0.5) is 13.2 Å². The molecule has 3 atom stereocenters. The molecule has 0 spiro atoms. The van der Waals surface area contributed by atoms with Crippen LogP contribution in [0.3, 0.4) is 0 Å². The van der Waals surface area contributed by atoms with Gasteiger partial charge >= 0.3 is 12.1 Å². The van der Waals surface area contributed by atoms with E-state index in [1.807, 2.05) is 0 Å². The fourth-order valence-electron chi connectivity index (χ4n) is 7.15. The standard InChI is InChI=1S/C29H34ClF3N4O4/c1-15-11-34-13-21(30)23(15)22(38)14-36(17-9-19-20(10-17)27(19,2)3)25(39)18-12-35-37(24(18)29(31,32)33)16-5-7-28(4,8-6-16)26(40)41/h11-13,16-17,19-20H,5-10,14H2,1-4H3,(H,40,41)/t16-,17-,19-,20+,28-. The number of amides is 1. The van der Waals surface area contributed by atoms with Crippen molar-refractivity contribution in [2.45, 2.75) is 84.5 Å². The third kappa shape index (κ3) is 5.15. The molecule has 3 saturated carbocycles. The van der Waals surface area contributed by atoms with E-state index < -0.39 is 59.1 Å². The summed E-state index contributed by atoms with van der Waals surface area (Å²) in [5.41, 5.74) is -1.97. The predicted molar refractivity (Wildman–Crippen MR) is 144 cm³/mol. The molecule has 0 aromatic carbocycles. The van der Waals surface area contributed by atoms with Gasteiger partial charge in [0.05, 0.1) is 34.8 Å². The lowest BCUT2D eigenvalue weighted by Gasteiger charge is -2.35. The Kier molecular flexibility index (Phi) is 7.28. The smallest absolute Gasteiger partial charge is 0.433 e. The van der Waals surface area contributed by atoms with Crippen LogP contribution in [0.1, 0.15) is 97.3 Å². The van der Waals surface area contributed by atoms with Crippen LogP contribution in [0.15, 0.2) is 18.6 Å². The molecule has 5 rings (SSSR count). The van der Waals surface area contributed by atoms with E-state index >= 15 is 0 Å². The first-order chi connectivity index (χ1) is 19.1. The molecule has 1 amide bonds. The van der Waals surface area contributed by atoms with E-state index in [0.717, 1.165) is 10.9 Å². The van der Waals surface area contributed by atoms with E-state index in [0.29, 0.717) is 30.2 Å². The molecule has 8 nitrogen and oxygen atoms in total. The predicted octanol–water partition coefficient (Wildman–Crippen LogP) is 6.22. The number of ketones is 1. The SMILES string of the molecule is Cc1cncc(Cl)c1C(=O)CN(C(=O)c1cnn([C@H]2CC[C@](C)(C(=O)O)CC2)c1C(F)(F)F)[C@@H]1C[C@@H]2[C@H](C1)C2(C)C. The highest BCUT2D eigenvalue weighted by Gasteiger charge is 2.63. The number of halogens is 4. The zero-order valence-corrected chi connectivity index (χ0v) is 24.2. The summed E-state index contributed by atoms with van der Waals surface area (Å²) in [4.78, 5) is 44.4. The van der Waals surface area contributed by atoms with Gasteiger partial charge < -0.3 is 10.0 Å². The van der Waals surface area contributed by atoms with E-state index in [2.05, 4.69) is 23.9 Å². The Morgan fingerprint density at radius 1 is 1.10 bits per heavy atom. The van der Waals surface area contributed by atoms with Crippen LogP contribution in [-0.4, -0.2) is 55.0 Å². The number of carboxylic acid groups (broad SMARTS) is 1. The fraction of sp³-hybridized carbons (Fsp3) is 0.621. The number of aromatic nitrogens is 3. The number of Topliss-reactive ketones (excluding diaryl/α,β-unsaturated/α-hetero) is 1. The molecule has 12 heteroatoms. The van der Waals surface area contributed by atoms with Crippen LogP contribution in [-0.2, 0) is 11.0 Å². The molecule has 0 radical (unpaired) electrons. The zero-order chi connectivity index (χ0) is 30.1. The maximum atomic E-state index is 14.6. The van der Waals surface area contributed by atoms with Crippen molar-refractivity contribution in [2.24, 2.45) is 22.7 Å². The van der Waals surface area contributed by atoms with Crippen molar-refractivity contribution in [1.29, 1.82) is 0 Å². The van der Waals surface area contributed by atoms with Gasteiger partial charge in [-0.25, -0.2) is 0 Å². The second kappa shape index (κ2) is 10.1. The fourth-order valence-corrected chi connectivity index (χ4v) is 7.46. The van der Waals surface area contributed by atoms with Gasteiger partial charge in [0.25, 0.3) is 5.91 Å². The normalized spacial score (nSPS) is 28.7. The number of nitrogens with zero attached hydrogens (tertiary/aromatic N) is 4. The lowest BCUT2D eigenvalue weighted by molar-refractivity contribution is -0.152. The molecule has 222 valence electrons. The van der Waals surface area contributed by atoms with Gasteiger partial charge in [0, 0.05) is 24.0 Å². The first kappa shape index (κ1) is 29.5. The average Bonchev–Trinajstić information content (AvgIpc) is 3.30. The van der Waals surface area contributed by atoms with Crippen molar-refractivity contribution >= 4 is 29.3 Å². The van der Waals surface area contributed by atoms with E-state index in [4.69, 9.17) is 11.6 Å². The average molecular weight is 595 g/mol. The van der Waals surface area contributed by atoms with Crippen molar-refractivity contribution in [3.8, 4) is 0 Å². The van der Waals surface area contributed by atoms with Crippen molar-refractivity contribution in [3.63, 3.8) is 0 Å². The van der Waals surface area contributed by atoms with Crippen LogP contribution in [0.25, 0.3) is 0 Å². The van der Waals surface area contributed by atoms with Crippen LogP contribution < -0.4 is 0 Å². The molecule has 41 heavy (non-hydrogen) atoms. The monoisotopic (exact) mass is 594 g/mol. The highest BCUT2D eigenvalue weighted by molar-refractivity contribution is 6.34. The molecular formula is C29H34ClF3N4O4.